The summed E-state index contributed by atoms with van der Waals surface area (Å²) < 4.78 is 6.66. The number of carbonyl (C=O) groups is 2. The average molecular weight is 382 g/mol. The largest absolute Gasteiger partial charge is 0.361 e. The highest BCUT2D eigenvalue weighted by Gasteiger charge is 2.27. The number of pyridine rings is 1. The van der Waals surface area contributed by atoms with Crippen LogP contribution in [0.4, 0.5) is 0 Å². The summed E-state index contributed by atoms with van der Waals surface area (Å²) in [5, 5.41) is 13.9. The van der Waals surface area contributed by atoms with Crippen molar-refractivity contribution in [3.63, 3.8) is 0 Å². The van der Waals surface area contributed by atoms with Gasteiger partial charge in [-0.3, -0.25) is 9.59 Å². The topological polar surface area (TPSA) is 114 Å². The van der Waals surface area contributed by atoms with Crippen LogP contribution in [0.15, 0.2) is 35.1 Å². The van der Waals surface area contributed by atoms with Crippen LogP contribution in [0, 0.1) is 12.8 Å². The van der Waals surface area contributed by atoms with Crippen LogP contribution in [0.2, 0.25) is 0 Å². The lowest BCUT2D eigenvalue weighted by atomic mass is 9.85. The van der Waals surface area contributed by atoms with Gasteiger partial charge in [-0.1, -0.05) is 11.2 Å². The highest BCUT2D eigenvalue weighted by molar-refractivity contribution is 5.92. The predicted molar refractivity (Wildman–Crippen MR) is 99.3 cm³/mol. The predicted octanol–water partition coefficient (Wildman–Crippen LogP) is 1.63. The van der Waals surface area contributed by atoms with Gasteiger partial charge in [0.1, 0.15) is 12.1 Å². The van der Waals surface area contributed by atoms with Gasteiger partial charge in [0.2, 0.25) is 5.91 Å². The Labute approximate surface area is 161 Å². The number of amides is 2. The zero-order valence-electron chi connectivity index (χ0n) is 15.6. The van der Waals surface area contributed by atoms with Gasteiger partial charge in [0.15, 0.2) is 11.3 Å². The Morgan fingerprint density at radius 1 is 1.25 bits per heavy atom. The lowest BCUT2D eigenvalue weighted by molar-refractivity contribution is -0.126. The first-order chi connectivity index (χ1) is 13.6. The molecule has 2 amide bonds. The van der Waals surface area contributed by atoms with Crippen LogP contribution in [0.5, 0.6) is 0 Å². The first-order valence-electron chi connectivity index (χ1n) is 9.39. The Balaban J connectivity index is 1.26. The number of rotatable bonds is 5. The van der Waals surface area contributed by atoms with Crippen LogP contribution in [0.3, 0.4) is 0 Å². The number of nitrogens with one attached hydrogen (secondary N) is 2. The van der Waals surface area contributed by atoms with E-state index in [1.165, 1.54) is 6.33 Å². The molecule has 3 aromatic rings. The maximum Gasteiger partial charge on any atom is 0.273 e. The van der Waals surface area contributed by atoms with Gasteiger partial charge >= 0.3 is 0 Å². The molecule has 0 atom stereocenters. The standard InChI is InChI=1S/C19H22N6O3/c1-12-9-16(24-28-12)19(27)23-14-7-5-13(6-8-14)18(26)20-10-15-3-2-4-17-21-11-22-25(15)17/h2-4,9,11,13-14H,5-8,10H2,1H3,(H,20,26)(H,23,27). The molecule has 0 spiro atoms. The van der Waals surface area contributed by atoms with Crippen LogP contribution in [0.25, 0.3) is 5.65 Å². The van der Waals surface area contributed by atoms with E-state index in [9.17, 15) is 9.59 Å². The summed E-state index contributed by atoms with van der Waals surface area (Å²) >= 11 is 0. The number of fused-ring (bicyclic) bond motifs is 1. The third kappa shape index (κ3) is 3.88. The highest BCUT2D eigenvalue weighted by atomic mass is 16.5. The molecule has 3 aromatic heterocycles. The Morgan fingerprint density at radius 3 is 2.82 bits per heavy atom. The van der Waals surface area contributed by atoms with Gasteiger partial charge in [-0.15, -0.1) is 0 Å². The van der Waals surface area contributed by atoms with E-state index < -0.39 is 0 Å². The molecule has 1 aliphatic carbocycles. The first-order valence-corrected chi connectivity index (χ1v) is 9.39. The van der Waals surface area contributed by atoms with E-state index in [2.05, 4.69) is 25.9 Å². The Bertz CT molecular complexity index is 986. The van der Waals surface area contributed by atoms with Gasteiger partial charge in [0.25, 0.3) is 5.91 Å². The minimum absolute atomic E-state index is 0.0361. The van der Waals surface area contributed by atoms with Crippen LogP contribution in [0.1, 0.15) is 47.6 Å². The molecular weight excluding hydrogens is 360 g/mol. The Kier molecular flexibility index (Phi) is 5.05. The van der Waals surface area contributed by atoms with Crippen molar-refractivity contribution in [2.45, 2.75) is 45.2 Å². The second-order valence-corrected chi connectivity index (χ2v) is 7.11. The molecule has 2 N–H and O–H groups in total. The van der Waals surface area contributed by atoms with E-state index in [-0.39, 0.29) is 23.8 Å². The molecule has 4 rings (SSSR count). The summed E-state index contributed by atoms with van der Waals surface area (Å²) in [5.74, 6) is 0.365. The van der Waals surface area contributed by atoms with Crippen molar-refractivity contribution in [3.05, 3.63) is 47.7 Å². The fraction of sp³-hybridized carbons (Fsp3) is 0.421. The van der Waals surface area contributed by atoms with Gasteiger partial charge in [0.05, 0.1) is 12.2 Å². The molecule has 0 radical (unpaired) electrons. The SMILES string of the molecule is Cc1cc(C(=O)NC2CCC(C(=O)NCc3cccc4ncnn34)CC2)no1. The maximum atomic E-state index is 12.5. The smallest absolute Gasteiger partial charge is 0.273 e. The molecule has 9 nitrogen and oxygen atoms in total. The zero-order valence-corrected chi connectivity index (χ0v) is 15.6. The number of aryl methyl sites for hydroxylation is 1. The molecule has 0 aliphatic heterocycles. The van der Waals surface area contributed by atoms with Crippen LogP contribution in [-0.2, 0) is 11.3 Å². The summed E-state index contributed by atoms with van der Waals surface area (Å²) in [7, 11) is 0. The molecule has 28 heavy (non-hydrogen) atoms. The molecule has 0 saturated heterocycles. The van der Waals surface area contributed by atoms with Crippen LogP contribution < -0.4 is 10.6 Å². The normalized spacial score (nSPS) is 19.5. The number of carbonyl (C=O) groups excluding carboxylic acids is 2. The van der Waals surface area contributed by atoms with Crippen molar-refractivity contribution in [1.29, 1.82) is 0 Å². The second-order valence-electron chi connectivity index (χ2n) is 7.11. The average Bonchev–Trinajstić information content (AvgIpc) is 3.35. The maximum absolute atomic E-state index is 12.5. The van der Waals surface area contributed by atoms with Gasteiger partial charge in [-0.25, -0.2) is 9.50 Å². The van der Waals surface area contributed by atoms with E-state index in [0.717, 1.165) is 37.0 Å². The minimum Gasteiger partial charge on any atom is -0.361 e. The van der Waals surface area contributed by atoms with Crippen molar-refractivity contribution in [2.75, 3.05) is 0 Å². The van der Waals surface area contributed by atoms with Crippen molar-refractivity contribution in [3.8, 4) is 0 Å². The molecule has 0 bridgehead atoms. The third-order valence-corrected chi connectivity index (χ3v) is 5.12. The van der Waals surface area contributed by atoms with E-state index in [4.69, 9.17) is 4.52 Å². The summed E-state index contributed by atoms with van der Waals surface area (Å²) in [5.41, 5.74) is 1.93. The van der Waals surface area contributed by atoms with E-state index >= 15 is 0 Å². The summed E-state index contributed by atoms with van der Waals surface area (Å²) in [6.45, 7) is 2.15. The molecule has 1 aliphatic rings. The molecule has 0 aromatic carbocycles. The lowest BCUT2D eigenvalue weighted by Gasteiger charge is -2.28. The molecule has 1 saturated carbocycles. The van der Waals surface area contributed by atoms with E-state index in [1.54, 1.807) is 17.5 Å². The molecular formula is C19H22N6O3. The van der Waals surface area contributed by atoms with Crippen LogP contribution in [-0.4, -0.2) is 37.6 Å². The van der Waals surface area contributed by atoms with Crippen molar-refractivity contribution >= 4 is 17.5 Å². The van der Waals surface area contributed by atoms with Crippen molar-refractivity contribution < 1.29 is 14.1 Å². The Hall–Kier alpha value is -3.23. The Morgan fingerprint density at radius 2 is 2.07 bits per heavy atom. The highest BCUT2D eigenvalue weighted by Crippen LogP contribution is 2.25. The van der Waals surface area contributed by atoms with Gasteiger partial charge < -0.3 is 15.2 Å². The van der Waals surface area contributed by atoms with E-state index in [1.807, 2.05) is 18.2 Å². The lowest BCUT2D eigenvalue weighted by Crippen LogP contribution is -2.41. The number of aromatic nitrogens is 4. The van der Waals surface area contributed by atoms with Gasteiger partial charge in [-0.05, 0) is 44.7 Å². The molecule has 0 unspecified atom stereocenters. The fourth-order valence-corrected chi connectivity index (χ4v) is 3.59. The fourth-order valence-electron chi connectivity index (χ4n) is 3.59. The summed E-state index contributed by atoms with van der Waals surface area (Å²) in [6.07, 6.45) is 4.50. The number of hydrogen-bond donors (Lipinski definition) is 2. The molecule has 146 valence electrons. The van der Waals surface area contributed by atoms with Crippen LogP contribution >= 0.6 is 0 Å². The third-order valence-electron chi connectivity index (χ3n) is 5.12. The zero-order chi connectivity index (χ0) is 19.5. The van der Waals surface area contributed by atoms with Crippen molar-refractivity contribution in [1.82, 2.24) is 30.4 Å². The second kappa shape index (κ2) is 7.79. The summed E-state index contributed by atoms with van der Waals surface area (Å²) in [4.78, 5) is 28.8. The quantitative estimate of drug-likeness (QED) is 0.693. The monoisotopic (exact) mass is 382 g/mol. The summed E-state index contributed by atoms with van der Waals surface area (Å²) in [6, 6.07) is 7.35. The molecule has 9 heteroatoms. The minimum atomic E-state index is -0.231. The first kappa shape index (κ1) is 18.1. The number of hydrogen-bond acceptors (Lipinski definition) is 6. The van der Waals surface area contributed by atoms with Crippen molar-refractivity contribution in [2.24, 2.45) is 5.92 Å². The van der Waals surface area contributed by atoms with Gasteiger partial charge in [-0.2, -0.15) is 5.10 Å². The van der Waals surface area contributed by atoms with Gasteiger partial charge in [0, 0.05) is 18.0 Å². The molecule has 3 heterocycles. The van der Waals surface area contributed by atoms with E-state index in [0.29, 0.717) is 18.0 Å². The number of nitrogens with zero attached hydrogens (tertiary/aromatic N) is 4. The molecule has 1 fully saturated rings.